The highest BCUT2D eigenvalue weighted by molar-refractivity contribution is 8.00. The molecular weight excluding hydrogens is 454 g/mol. The molecule has 1 unspecified atom stereocenters. The summed E-state index contributed by atoms with van der Waals surface area (Å²) in [6.45, 7) is 12.5. The van der Waals surface area contributed by atoms with Gasteiger partial charge in [-0.15, -0.1) is 0 Å². The summed E-state index contributed by atoms with van der Waals surface area (Å²) in [4.78, 5) is 17.8. The predicted octanol–water partition coefficient (Wildman–Crippen LogP) is 5.31. The Balaban J connectivity index is 1.72. The molecule has 3 aromatic rings. The van der Waals surface area contributed by atoms with Crippen LogP contribution in [-0.4, -0.2) is 42.0 Å². The van der Waals surface area contributed by atoms with Gasteiger partial charge in [-0.3, -0.25) is 4.79 Å². The fourth-order valence-corrected chi connectivity index (χ4v) is 6.15. The lowest BCUT2D eigenvalue weighted by molar-refractivity contribution is -0.115. The maximum atomic E-state index is 12.8. The van der Waals surface area contributed by atoms with Crippen LogP contribution in [0.15, 0.2) is 52.4 Å². The monoisotopic (exact) mass is 485 g/mol. The number of thioether (sulfide) groups is 1. The number of sulfonamides is 1. The molecule has 0 saturated carbocycles. The lowest BCUT2D eigenvalue weighted by atomic mass is 10.0. The van der Waals surface area contributed by atoms with E-state index >= 15 is 0 Å². The lowest BCUT2D eigenvalue weighted by Gasteiger charge is -2.18. The summed E-state index contributed by atoms with van der Waals surface area (Å²) in [5.41, 5.74) is 4.97. The molecule has 1 aromatic heterocycles. The van der Waals surface area contributed by atoms with E-state index < -0.39 is 10.0 Å². The molecule has 1 atom stereocenters. The van der Waals surface area contributed by atoms with Crippen LogP contribution in [0.2, 0.25) is 0 Å². The molecule has 0 aliphatic carbocycles. The Kier molecular flexibility index (Phi) is 7.82. The number of aryl methyl sites for hydroxylation is 3. The van der Waals surface area contributed by atoms with Gasteiger partial charge in [-0.1, -0.05) is 37.2 Å². The lowest BCUT2D eigenvalue weighted by Crippen LogP contribution is -2.30. The van der Waals surface area contributed by atoms with Gasteiger partial charge < -0.3 is 5.32 Å². The first-order valence-electron chi connectivity index (χ1n) is 11.0. The van der Waals surface area contributed by atoms with Crippen molar-refractivity contribution in [3.8, 4) is 0 Å². The van der Waals surface area contributed by atoms with Crippen LogP contribution in [-0.2, 0) is 14.8 Å². The molecule has 0 bridgehead atoms. The SMILES string of the molecule is CCN(CC)S(=O)(=O)c1ccc(NC(=O)C(C)Sc2cc(C)c3cc(C)cc(C)c3n2)cc1. The smallest absolute Gasteiger partial charge is 0.243 e. The zero-order valence-electron chi connectivity index (χ0n) is 20.0. The Labute approximate surface area is 200 Å². The fourth-order valence-electron chi connectivity index (χ4n) is 3.78. The van der Waals surface area contributed by atoms with E-state index in [4.69, 9.17) is 4.98 Å². The highest BCUT2D eigenvalue weighted by Gasteiger charge is 2.22. The van der Waals surface area contributed by atoms with Crippen molar-refractivity contribution in [3.63, 3.8) is 0 Å². The minimum atomic E-state index is -3.52. The Morgan fingerprint density at radius 1 is 1.03 bits per heavy atom. The van der Waals surface area contributed by atoms with Gasteiger partial charge in [0.1, 0.15) is 0 Å². The second-order valence-corrected chi connectivity index (χ2v) is 11.4. The van der Waals surface area contributed by atoms with Crippen LogP contribution in [0.25, 0.3) is 10.9 Å². The number of hydrogen-bond donors (Lipinski definition) is 1. The zero-order chi connectivity index (χ0) is 24.3. The molecule has 1 heterocycles. The largest absolute Gasteiger partial charge is 0.325 e. The van der Waals surface area contributed by atoms with E-state index in [1.54, 1.807) is 12.1 Å². The topological polar surface area (TPSA) is 79.4 Å². The van der Waals surface area contributed by atoms with Gasteiger partial charge in [0, 0.05) is 24.2 Å². The van der Waals surface area contributed by atoms with Gasteiger partial charge in [0.2, 0.25) is 15.9 Å². The molecule has 0 aliphatic heterocycles. The third-order valence-corrected chi connectivity index (χ3v) is 8.65. The third kappa shape index (κ3) is 5.57. The Morgan fingerprint density at radius 2 is 1.67 bits per heavy atom. The Hall–Kier alpha value is -2.42. The average molecular weight is 486 g/mol. The third-order valence-electron chi connectivity index (χ3n) is 5.56. The molecule has 0 saturated heterocycles. The molecule has 0 spiro atoms. The number of carbonyl (C=O) groups is 1. The van der Waals surface area contributed by atoms with Crippen molar-refractivity contribution in [2.45, 2.75) is 56.7 Å². The summed E-state index contributed by atoms with van der Waals surface area (Å²) in [6.07, 6.45) is 0. The number of anilines is 1. The van der Waals surface area contributed by atoms with E-state index in [0.717, 1.165) is 27.1 Å². The summed E-state index contributed by atoms with van der Waals surface area (Å²) >= 11 is 1.40. The molecule has 33 heavy (non-hydrogen) atoms. The van der Waals surface area contributed by atoms with Crippen molar-refractivity contribution in [3.05, 3.63) is 59.2 Å². The normalized spacial score (nSPS) is 12.8. The van der Waals surface area contributed by atoms with Crippen molar-refractivity contribution < 1.29 is 13.2 Å². The van der Waals surface area contributed by atoms with Crippen LogP contribution < -0.4 is 5.32 Å². The summed E-state index contributed by atoms with van der Waals surface area (Å²) in [6, 6.07) is 12.6. The second kappa shape index (κ2) is 10.2. The molecule has 176 valence electrons. The molecular formula is C25H31N3O3S2. The van der Waals surface area contributed by atoms with E-state index in [2.05, 4.69) is 38.2 Å². The molecule has 6 nitrogen and oxygen atoms in total. The standard InChI is InChI=1S/C25H31N3O3S2/c1-7-28(8-2)33(30,31)21-11-9-20(10-12-21)26-25(29)19(6)32-23-15-17(4)22-14-16(3)13-18(5)24(22)27-23/h9-15,19H,7-8H2,1-6H3,(H,26,29). The van der Waals surface area contributed by atoms with Crippen LogP contribution >= 0.6 is 11.8 Å². The van der Waals surface area contributed by atoms with Crippen LogP contribution in [0.4, 0.5) is 5.69 Å². The minimum Gasteiger partial charge on any atom is -0.325 e. The maximum Gasteiger partial charge on any atom is 0.243 e. The molecule has 2 aromatic carbocycles. The predicted molar refractivity (Wildman–Crippen MR) is 136 cm³/mol. The van der Waals surface area contributed by atoms with Crippen molar-refractivity contribution in [2.75, 3.05) is 18.4 Å². The van der Waals surface area contributed by atoms with Crippen molar-refractivity contribution in [1.29, 1.82) is 0 Å². The second-order valence-electron chi connectivity index (χ2n) is 8.12. The number of aromatic nitrogens is 1. The first-order valence-corrected chi connectivity index (χ1v) is 13.3. The van der Waals surface area contributed by atoms with Crippen LogP contribution in [0, 0.1) is 20.8 Å². The number of carbonyl (C=O) groups excluding carboxylic acids is 1. The molecule has 8 heteroatoms. The fraction of sp³-hybridized carbons (Fsp3) is 0.360. The zero-order valence-corrected chi connectivity index (χ0v) is 21.6. The highest BCUT2D eigenvalue weighted by atomic mass is 32.2. The summed E-state index contributed by atoms with van der Waals surface area (Å²) in [5, 5.41) is 4.43. The number of pyridine rings is 1. The average Bonchev–Trinajstić information content (AvgIpc) is 2.75. The summed E-state index contributed by atoms with van der Waals surface area (Å²) in [5.74, 6) is -0.167. The summed E-state index contributed by atoms with van der Waals surface area (Å²) in [7, 11) is -3.52. The summed E-state index contributed by atoms with van der Waals surface area (Å²) < 4.78 is 26.7. The van der Waals surface area contributed by atoms with E-state index in [1.165, 1.54) is 33.8 Å². The molecule has 0 aliphatic rings. The van der Waals surface area contributed by atoms with Gasteiger partial charge in [0.15, 0.2) is 0 Å². The molecule has 3 rings (SSSR count). The molecule has 0 radical (unpaired) electrons. The molecule has 1 amide bonds. The number of hydrogen-bond acceptors (Lipinski definition) is 5. The van der Waals surface area contributed by atoms with Crippen LogP contribution in [0.3, 0.4) is 0 Å². The maximum absolute atomic E-state index is 12.8. The van der Waals surface area contributed by atoms with Crippen LogP contribution in [0.5, 0.6) is 0 Å². The Morgan fingerprint density at radius 3 is 2.27 bits per heavy atom. The van der Waals surface area contributed by atoms with Crippen molar-refractivity contribution in [2.24, 2.45) is 0 Å². The van der Waals surface area contributed by atoms with Gasteiger partial charge >= 0.3 is 0 Å². The Bertz CT molecular complexity index is 1270. The van der Waals surface area contributed by atoms with Gasteiger partial charge in [-0.25, -0.2) is 13.4 Å². The van der Waals surface area contributed by atoms with E-state index in [0.29, 0.717) is 18.8 Å². The van der Waals surface area contributed by atoms with Gasteiger partial charge in [0.25, 0.3) is 0 Å². The molecule has 0 fully saturated rings. The highest BCUT2D eigenvalue weighted by Crippen LogP contribution is 2.29. The van der Waals surface area contributed by atoms with E-state index in [-0.39, 0.29) is 16.1 Å². The van der Waals surface area contributed by atoms with Gasteiger partial charge in [-0.2, -0.15) is 4.31 Å². The number of nitrogens with zero attached hydrogens (tertiary/aromatic N) is 2. The van der Waals surface area contributed by atoms with Crippen LogP contribution in [0.1, 0.15) is 37.5 Å². The number of rotatable bonds is 8. The van der Waals surface area contributed by atoms with Crippen molar-refractivity contribution >= 4 is 44.3 Å². The molecule has 1 N–H and O–H groups in total. The minimum absolute atomic E-state index is 0.167. The van der Waals surface area contributed by atoms with Gasteiger partial charge in [-0.05, 0) is 75.2 Å². The number of nitrogens with one attached hydrogen (secondary N) is 1. The van der Waals surface area contributed by atoms with Crippen molar-refractivity contribution in [1.82, 2.24) is 9.29 Å². The first kappa shape index (κ1) is 25.2. The number of benzene rings is 2. The first-order chi connectivity index (χ1) is 15.6. The van der Waals surface area contributed by atoms with E-state index in [9.17, 15) is 13.2 Å². The quantitative estimate of drug-likeness (QED) is 0.438. The number of fused-ring (bicyclic) bond motifs is 1. The number of amides is 1. The van der Waals surface area contributed by atoms with E-state index in [1.807, 2.05) is 26.8 Å². The van der Waals surface area contributed by atoms with Gasteiger partial charge in [0.05, 0.1) is 20.7 Å².